The number of nitrogens with one attached hydrogen (secondary N) is 1. The maximum Gasteiger partial charge on any atom is 0.0328 e. The number of nitrogens with zero attached hydrogens (tertiary/aromatic N) is 1. The van der Waals surface area contributed by atoms with Crippen LogP contribution in [0.1, 0.15) is 30.6 Å². The van der Waals surface area contributed by atoms with Crippen LogP contribution in [0.5, 0.6) is 0 Å². The smallest absolute Gasteiger partial charge is 0.0328 e. The fourth-order valence-corrected chi connectivity index (χ4v) is 4.10. The van der Waals surface area contributed by atoms with Crippen molar-refractivity contribution in [2.75, 3.05) is 19.6 Å². The lowest BCUT2D eigenvalue weighted by Crippen LogP contribution is -2.42. The van der Waals surface area contributed by atoms with Crippen LogP contribution in [0.15, 0.2) is 15.9 Å². The molecule has 0 unspecified atom stereocenters. The molecule has 2 fully saturated rings. The molecule has 19 heavy (non-hydrogen) atoms. The molecule has 0 aromatic carbocycles. The summed E-state index contributed by atoms with van der Waals surface area (Å²) in [6, 6.07) is 3.03. The van der Waals surface area contributed by atoms with E-state index >= 15 is 0 Å². The van der Waals surface area contributed by atoms with Crippen molar-refractivity contribution >= 4 is 39.7 Å². The molecule has 0 amide bonds. The second-order valence-corrected chi connectivity index (χ2v) is 7.54. The van der Waals surface area contributed by atoms with Crippen molar-refractivity contribution in [3.63, 3.8) is 0 Å². The van der Waals surface area contributed by atoms with Crippen LogP contribution in [0.4, 0.5) is 0 Å². The molecule has 2 aliphatic rings. The van der Waals surface area contributed by atoms with Crippen LogP contribution in [-0.4, -0.2) is 30.6 Å². The first-order valence-corrected chi connectivity index (χ1v) is 8.65. The second kappa shape index (κ2) is 7.41. The highest BCUT2D eigenvalue weighted by Gasteiger charge is 2.24. The molecule has 108 valence electrons. The molecule has 2 nitrogen and oxygen atoms in total. The van der Waals surface area contributed by atoms with Crippen LogP contribution in [0, 0.1) is 5.92 Å². The molecule has 1 aliphatic carbocycles. The second-order valence-electron chi connectivity index (χ2n) is 5.63. The number of hydrogen-bond acceptors (Lipinski definition) is 3. The highest BCUT2D eigenvalue weighted by Crippen LogP contribution is 2.28. The van der Waals surface area contributed by atoms with Crippen LogP contribution in [0.25, 0.3) is 0 Å². The van der Waals surface area contributed by atoms with Gasteiger partial charge in [0.15, 0.2) is 0 Å². The van der Waals surface area contributed by atoms with Gasteiger partial charge in [-0.15, -0.1) is 23.7 Å². The SMILES string of the molecule is Brc1csc(CN2CCC(NCC3CC3)CC2)c1.Cl. The van der Waals surface area contributed by atoms with Gasteiger partial charge in [0.1, 0.15) is 0 Å². The van der Waals surface area contributed by atoms with Gasteiger partial charge in [-0.2, -0.15) is 0 Å². The van der Waals surface area contributed by atoms with E-state index in [1.807, 2.05) is 11.3 Å². The minimum absolute atomic E-state index is 0. The Bertz CT molecular complexity index is 387. The Morgan fingerprint density at radius 3 is 2.58 bits per heavy atom. The van der Waals surface area contributed by atoms with Crippen LogP contribution >= 0.6 is 39.7 Å². The van der Waals surface area contributed by atoms with Gasteiger partial charge in [-0.25, -0.2) is 0 Å². The summed E-state index contributed by atoms with van der Waals surface area (Å²) in [5.74, 6) is 1.01. The van der Waals surface area contributed by atoms with Crippen LogP contribution in [-0.2, 0) is 6.54 Å². The van der Waals surface area contributed by atoms with Gasteiger partial charge >= 0.3 is 0 Å². The van der Waals surface area contributed by atoms with Crippen LogP contribution in [0.3, 0.4) is 0 Å². The molecule has 1 saturated heterocycles. The first-order valence-electron chi connectivity index (χ1n) is 6.98. The summed E-state index contributed by atoms with van der Waals surface area (Å²) in [7, 11) is 0. The van der Waals surface area contributed by atoms with E-state index in [2.05, 4.69) is 37.6 Å². The van der Waals surface area contributed by atoms with E-state index in [9.17, 15) is 0 Å². The third-order valence-corrected chi connectivity index (χ3v) is 5.66. The number of halogens is 2. The monoisotopic (exact) mass is 364 g/mol. The van der Waals surface area contributed by atoms with Crippen LogP contribution < -0.4 is 5.32 Å². The lowest BCUT2D eigenvalue weighted by molar-refractivity contribution is 0.191. The number of thiophene rings is 1. The van der Waals surface area contributed by atoms with Gasteiger partial charge in [0.05, 0.1) is 0 Å². The van der Waals surface area contributed by atoms with Gasteiger partial charge in [0, 0.05) is 27.3 Å². The summed E-state index contributed by atoms with van der Waals surface area (Å²) in [6.07, 6.45) is 5.55. The standard InChI is InChI=1S/C14H21BrN2S.ClH/c15-12-7-14(18-10-12)9-17-5-3-13(4-6-17)16-8-11-1-2-11;/h7,10-11,13,16H,1-6,8-9H2;1H. The van der Waals surface area contributed by atoms with Gasteiger partial charge in [0.2, 0.25) is 0 Å². The fourth-order valence-electron chi connectivity index (χ4n) is 2.61. The van der Waals surface area contributed by atoms with Crippen molar-refractivity contribution in [3.05, 3.63) is 20.8 Å². The minimum atomic E-state index is 0. The quantitative estimate of drug-likeness (QED) is 0.851. The van der Waals surface area contributed by atoms with E-state index in [-0.39, 0.29) is 12.4 Å². The molecule has 0 atom stereocenters. The summed E-state index contributed by atoms with van der Waals surface area (Å²) in [5.41, 5.74) is 0. The zero-order chi connectivity index (χ0) is 12.4. The van der Waals surface area contributed by atoms with E-state index in [1.165, 1.54) is 54.7 Å². The van der Waals surface area contributed by atoms with Gasteiger partial charge < -0.3 is 5.32 Å². The number of hydrogen-bond donors (Lipinski definition) is 1. The Kier molecular flexibility index (Phi) is 6.15. The van der Waals surface area contributed by atoms with E-state index < -0.39 is 0 Å². The number of piperidine rings is 1. The number of rotatable bonds is 5. The van der Waals surface area contributed by atoms with E-state index in [0.717, 1.165) is 18.5 Å². The first kappa shape index (κ1) is 15.8. The molecule has 0 bridgehead atoms. The molecule has 0 spiro atoms. The molecule has 2 heterocycles. The zero-order valence-corrected chi connectivity index (χ0v) is 14.3. The molecule has 3 rings (SSSR count). The van der Waals surface area contributed by atoms with E-state index in [1.54, 1.807) is 0 Å². The van der Waals surface area contributed by atoms with Crippen molar-refractivity contribution in [3.8, 4) is 0 Å². The largest absolute Gasteiger partial charge is 0.314 e. The summed E-state index contributed by atoms with van der Waals surface area (Å²) < 4.78 is 1.23. The summed E-state index contributed by atoms with van der Waals surface area (Å²) in [6.45, 7) is 4.89. The van der Waals surface area contributed by atoms with Crippen molar-refractivity contribution in [2.45, 2.75) is 38.3 Å². The lowest BCUT2D eigenvalue weighted by atomic mass is 10.0. The summed E-state index contributed by atoms with van der Waals surface area (Å²) in [4.78, 5) is 4.07. The predicted molar refractivity (Wildman–Crippen MR) is 88.3 cm³/mol. The molecule has 0 radical (unpaired) electrons. The van der Waals surface area contributed by atoms with E-state index in [0.29, 0.717) is 0 Å². The average Bonchev–Trinajstić information content (AvgIpc) is 3.12. The molecule has 1 aliphatic heterocycles. The molecular weight excluding hydrogens is 344 g/mol. The summed E-state index contributed by atoms with van der Waals surface area (Å²) >= 11 is 5.39. The summed E-state index contributed by atoms with van der Waals surface area (Å²) in [5, 5.41) is 5.92. The van der Waals surface area contributed by atoms with Gasteiger partial charge in [-0.3, -0.25) is 4.90 Å². The molecule has 5 heteroatoms. The Labute approximate surface area is 134 Å². The molecule has 1 N–H and O–H groups in total. The zero-order valence-electron chi connectivity index (χ0n) is 11.1. The first-order chi connectivity index (χ1) is 8.79. The predicted octanol–water partition coefficient (Wildman–Crippen LogP) is 3.90. The number of likely N-dealkylation sites (tertiary alicyclic amines) is 1. The van der Waals surface area contributed by atoms with Crippen molar-refractivity contribution in [1.29, 1.82) is 0 Å². The van der Waals surface area contributed by atoms with Crippen molar-refractivity contribution in [2.24, 2.45) is 5.92 Å². The highest BCUT2D eigenvalue weighted by molar-refractivity contribution is 9.10. The average molecular weight is 366 g/mol. The Hall–Kier alpha value is 0.390. The van der Waals surface area contributed by atoms with Crippen LogP contribution in [0.2, 0.25) is 0 Å². The maximum absolute atomic E-state index is 3.74. The lowest BCUT2D eigenvalue weighted by Gasteiger charge is -2.32. The molecule has 1 aromatic rings. The van der Waals surface area contributed by atoms with E-state index in [4.69, 9.17) is 0 Å². The molecule has 1 saturated carbocycles. The highest BCUT2D eigenvalue weighted by atomic mass is 79.9. The van der Waals surface area contributed by atoms with Gasteiger partial charge in [0.25, 0.3) is 0 Å². The topological polar surface area (TPSA) is 15.3 Å². The Morgan fingerprint density at radius 1 is 1.26 bits per heavy atom. The van der Waals surface area contributed by atoms with Crippen molar-refractivity contribution in [1.82, 2.24) is 10.2 Å². The Balaban J connectivity index is 0.00000133. The molecule has 1 aromatic heterocycles. The Morgan fingerprint density at radius 2 is 2.00 bits per heavy atom. The molecular formula is C14H22BrClN2S. The van der Waals surface area contributed by atoms with Gasteiger partial charge in [-0.1, -0.05) is 0 Å². The normalized spacial score (nSPS) is 21.3. The third kappa shape index (κ3) is 5.01. The van der Waals surface area contributed by atoms with Crippen molar-refractivity contribution < 1.29 is 0 Å². The fraction of sp³-hybridized carbons (Fsp3) is 0.714. The maximum atomic E-state index is 3.74. The minimum Gasteiger partial charge on any atom is -0.314 e. The van der Waals surface area contributed by atoms with Gasteiger partial charge in [-0.05, 0) is 73.2 Å². The third-order valence-electron chi connectivity index (χ3n) is 3.98.